The Labute approximate surface area is 228 Å². The Bertz CT molecular complexity index is 1570. The van der Waals surface area contributed by atoms with Gasteiger partial charge in [0.05, 0.1) is 23.6 Å². The Balaban J connectivity index is 1.76. The molecule has 40 heavy (non-hydrogen) atoms. The zero-order valence-corrected chi connectivity index (χ0v) is 21.8. The minimum Gasteiger partial charge on any atom is -0.510 e. The third-order valence-electron chi connectivity index (χ3n) is 8.46. The summed E-state index contributed by atoms with van der Waals surface area (Å²) in [5, 5.41) is 57.0. The molecule has 7 N–H and O–H groups in total. The van der Waals surface area contributed by atoms with Gasteiger partial charge in [-0.15, -0.1) is 0 Å². The largest absolute Gasteiger partial charge is 0.510 e. The van der Waals surface area contributed by atoms with Gasteiger partial charge < -0.3 is 31.3 Å². The number of fused-ring (bicyclic) bond motifs is 3. The van der Waals surface area contributed by atoms with Crippen molar-refractivity contribution in [2.24, 2.45) is 17.6 Å². The molecule has 208 valence electrons. The number of likely N-dealkylation sites (N-methyl/N-ethyl adjacent to an activating group) is 1. The second-order valence-electron chi connectivity index (χ2n) is 10.7. The van der Waals surface area contributed by atoms with Crippen molar-refractivity contribution in [3.05, 3.63) is 75.8 Å². The van der Waals surface area contributed by atoms with Crippen LogP contribution in [0.3, 0.4) is 0 Å². The molecule has 0 heterocycles. The van der Waals surface area contributed by atoms with Crippen LogP contribution in [0.5, 0.6) is 5.75 Å². The van der Waals surface area contributed by atoms with E-state index in [-0.39, 0.29) is 11.1 Å². The van der Waals surface area contributed by atoms with Gasteiger partial charge in [0, 0.05) is 22.6 Å². The molecule has 0 aromatic heterocycles. The third-order valence-corrected chi connectivity index (χ3v) is 8.46. The average molecular weight is 549 g/mol. The molecule has 0 radical (unpaired) electrons. The summed E-state index contributed by atoms with van der Waals surface area (Å²) in [6.45, 7) is 1.66. The van der Waals surface area contributed by atoms with Crippen LogP contribution in [0.1, 0.15) is 39.1 Å². The van der Waals surface area contributed by atoms with Crippen molar-refractivity contribution in [1.29, 1.82) is 0 Å². The van der Waals surface area contributed by atoms with E-state index in [4.69, 9.17) is 5.73 Å². The van der Waals surface area contributed by atoms with Gasteiger partial charge in [-0.1, -0.05) is 37.3 Å². The highest BCUT2D eigenvalue weighted by atomic mass is 16.4. The van der Waals surface area contributed by atoms with Crippen LogP contribution in [0.4, 0.5) is 0 Å². The van der Waals surface area contributed by atoms with Crippen LogP contribution < -0.4 is 5.73 Å². The number of ketones is 2. The van der Waals surface area contributed by atoms with E-state index in [9.17, 15) is 44.7 Å². The second kappa shape index (κ2) is 9.12. The van der Waals surface area contributed by atoms with Crippen LogP contribution in [0.15, 0.2) is 59.1 Å². The number of aromatic hydroxyl groups is 1. The highest BCUT2D eigenvalue weighted by molar-refractivity contribution is 6.25. The zero-order valence-electron chi connectivity index (χ0n) is 21.8. The van der Waals surface area contributed by atoms with Crippen molar-refractivity contribution in [3.8, 4) is 16.9 Å². The molecule has 5 rings (SSSR count). The van der Waals surface area contributed by atoms with Gasteiger partial charge in [0.25, 0.3) is 5.91 Å². The molecule has 11 heteroatoms. The second-order valence-corrected chi connectivity index (χ2v) is 10.7. The van der Waals surface area contributed by atoms with Crippen molar-refractivity contribution in [3.63, 3.8) is 0 Å². The van der Waals surface area contributed by atoms with Crippen molar-refractivity contribution < 1.29 is 44.7 Å². The predicted octanol–water partition coefficient (Wildman–Crippen LogP) is 1.13. The summed E-state index contributed by atoms with van der Waals surface area (Å²) in [6.07, 6.45) is -1.03. The maximum atomic E-state index is 14.0. The number of rotatable bonds is 4. The lowest BCUT2D eigenvalue weighted by Crippen LogP contribution is -2.68. The molecule has 2 aromatic carbocycles. The molecule has 0 spiro atoms. The Kier molecular flexibility index (Phi) is 6.21. The number of primary amides is 1. The molecule has 0 aliphatic heterocycles. The van der Waals surface area contributed by atoms with Gasteiger partial charge in [-0.3, -0.25) is 24.1 Å². The smallest absolute Gasteiger partial charge is 0.255 e. The van der Waals surface area contributed by atoms with E-state index in [1.165, 1.54) is 25.1 Å². The molecular weight excluding hydrogens is 520 g/mol. The molecule has 0 saturated heterocycles. The SMILES string of the molecule is C[C@@H]1c2ccc(-c3cccc(C=O)c3)c(O)c2C(=O)C2=C(O)[C@@]3(O)C(=O)C(C(N)=O)=C(O)[C@H](N(C)C)[C@H]3[C@H](O)[C@H]21. The van der Waals surface area contributed by atoms with Gasteiger partial charge >= 0.3 is 0 Å². The maximum Gasteiger partial charge on any atom is 0.255 e. The molecule has 0 bridgehead atoms. The number of nitrogens with two attached hydrogens (primary N) is 1. The molecule has 3 aliphatic carbocycles. The van der Waals surface area contributed by atoms with Crippen LogP contribution in [-0.2, 0) is 9.59 Å². The summed E-state index contributed by atoms with van der Waals surface area (Å²) in [4.78, 5) is 52.2. The Hall–Kier alpha value is -4.32. The van der Waals surface area contributed by atoms with Crippen molar-refractivity contribution >= 4 is 23.8 Å². The molecule has 6 atom stereocenters. The van der Waals surface area contributed by atoms with Gasteiger partial charge in [-0.2, -0.15) is 0 Å². The number of amides is 1. The first-order valence-electron chi connectivity index (χ1n) is 12.5. The summed E-state index contributed by atoms with van der Waals surface area (Å²) in [5.41, 5.74) is 2.07. The summed E-state index contributed by atoms with van der Waals surface area (Å²) in [7, 11) is 2.95. The lowest BCUT2D eigenvalue weighted by molar-refractivity contribution is -0.162. The number of hydrogen-bond acceptors (Lipinski definition) is 10. The quantitative estimate of drug-likeness (QED) is 0.238. The zero-order chi connectivity index (χ0) is 29.4. The van der Waals surface area contributed by atoms with Crippen LogP contribution in [0, 0.1) is 11.8 Å². The van der Waals surface area contributed by atoms with E-state index in [1.807, 2.05) is 0 Å². The Morgan fingerprint density at radius 1 is 1.10 bits per heavy atom. The van der Waals surface area contributed by atoms with Crippen LogP contribution in [0.25, 0.3) is 11.1 Å². The number of Topliss-reactive ketones (excluding diaryl/α,β-unsaturated/α-hetero) is 2. The van der Waals surface area contributed by atoms with Gasteiger partial charge in [-0.25, -0.2) is 0 Å². The van der Waals surface area contributed by atoms with Crippen LogP contribution in [0.2, 0.25) is 0 Å². The molecule has 0 unspecified atom stereocenters. The average Bonchev–Trinajstić information content (AvgIpc) is 2.90. The van der Waals surface area contributed by atoms with E-state index in [0.29, 0.717) is 23.0 Å². The predicted molar refractivity (Wildman–Crippen MR) is 141 cm³/mol. The highest BCUT2D eigenvalue weighted by Gasteiger charge is 2.67. The fourth-order valence-electron chi connectivity index (χ4n) is 6.64. The van der Waals surface area contributed by atoms with E-state index in [0.717, 1.165) is 0 Å². The van der Waals surface area contributed by atoms with Crippen LogP contribution in [-0.4, -0.2) is 86.0 Å². The van der Waals surface area contributed by atoms with E-state index < -0.39 is 81.4 Å². The molecule has 1 amide bonds. The molecular formula is C29H28N2O9. The number of carbonyl (C=O) groups is 4. The number of aliphatic hydroxyl groups is 4. The minimum atomic E-state index is -2.98. The van der Waals surface area contributed by atoms with E-state index in [1.54, 1.807) is 37.3 Å². The fourth-order valence-corrected chi connectivity index (χ4v) is 6.64. The normalized spacial score (nSPS) is 29.7. The summed E-state index contributed by atoms with van der Waals surface area (Å²) >= 11 is 0. The standard InChI is InChI=1S/C29H28N2O9/c1-11-14-7-8-15(13-6-4-5-12(9-13)10-32)22(33)17(14)23(34)18-16(11)24(35)20-21(31(2)3)25(36)19(28(30)39)27(38)29(20,40)26(18)37/h4-11,16,20-21,24,33,35-37,40H,1-3H3,(H2,30,39)/t11-,16+,20+,21-,24-,29-/m1/s1. The summed E-state index contributed by atoms with van der Waals surface area (Å²) < 4.78 is 0. The third kappa shape index (κ3) is 3.41. The lowest BCUT2D eigenvalue weighted by atomic mass is 9.55. The fraction of sp³-hybridized carbons (Fsp3) is 0.310. The molecule has 11 nitrogen and oxygen atoms in total. The monoisotopic (exact) mass is 548 g/mol. The maximum absolute atomic E-state index is 14.0. The molecule has 0 saturated carbocycles. The van der Waals surface area contributed by atoms with Crippen molar-refractivity contribution in [2.45, 2.75) is 30.6 Å². The topological polar surface area (TPSA) is 199 Å². The number of aldehydes is 1. The summed E-state index contributed by atoms with van der Waals surface area (Å²) in [5.74, 6) is -9.46. The van der Waals surface area contributed by atoms with Crippen LogP contribution >= 0.6 is 0 Å². The highest BCUT2D eigenvalue weighted by Crippen LogP contribution is 2.56. The van der Waals surface area contributed by atoms with Gasteiger partial charge in [0.15, 0.2) is 11.4 Å². The number of aliphatic hydroxyl groups excluding tert-OH is 3. The first-order valence-corrected chi connectivity index (χ1v) is 12.5. The van der Waals surface area contributed by atoms with Gasteiger partial charge in [0.1, 0.15) is 29.1 Å². The molecule has 2 aromatic rings. The number of carbonyl (C=O) groups excluding carboxylic acids is 4. The Morgan fingerprint density at radius 2 is 1.77 bits per heavy atom. The Morgan fingerprint density at radius 3 is 2.38 bits per heavy atom. The van der Waals surface area contributed by atoms with Gasteiger partial charge in [-0.05, 0) is 37.2 Å². The summed E-state index contributed by atoms with van der Waals surface area (Å²) in [6, 6.07) is 8.18. The van der Waals surface area contributed by atoms with E-state index in [2.05, 4.69) is 0 Å². The first kappa shape index (κ1) is 27.3. The van der Waals surface area contributed by atoms with Gasteiger partial charge in [0.2, 0.25) is 5.78 Å². The van der Waals surface area contributed by atoms with Crippen molar-refractivity contribution in [1.82, 2.24) is 4.90 Å². The number of nitrogens with zero attached hydrogens (tertiary/aromatic N) is 1. The number of hydrogen-bond donors (Lipinski definition) is 6. The number of phenolic OH excluding ortho intramolecular Hbond substituents is 1. The first-order chi connectivity index (χ1) is 18.8. The number of phenols is 1. The van der Waals surface area contributed by atoms with Crippen molar-refractivity contribution in [2.75, 3.05) is 14.1 Å². The lowest BCUT2D eigenvalue weighted by Gasteiger charge is -2.53. The minimum absolute atomic E-state index is 0.200. The number of benzene rings is 2. The molecule has 3 aliphatic rings. The molecule has 0 fully saturated rings. The van der Waals surface area contributed by atoms with E-state index >= 15 is 0 Å².